The molecule has 94 valence electrons. The lowest BCUT2D eigenvalue weighted by atomic mass is 10.4. The van der Waals surface area contributed by atoms with E-state index in [1.807, 2.05) is 30.3 Å². The van der Waals surface area contributed by atoms with Crippen molar-refractivity contribution < 1.29 is 9.90 Å². The molecule has 0 spiro atoms. The molecule has 0 saturated carbocycles. The molecule has 0 radical (unpaired) electrons. The molecule has 0 bridgehead atoms. The Hall–Kier alpha value is -1.20. The Morgan fingerprint density at radius 3 is 2.71 bits per heavy atom. The molecule has 0 fully saturated rings. The van der Waals surface area contributed by atoms with Crippen LogP contribution >= 0.6 is 11.8 Å². The number of urea groups is 1. The fraction of sp³-hybridized carbons (Fsp3) is 0.417. The number of carbonyl (C=O) groups is 1. The van der Waals surface area contributed by atoms with E-state index < -0.39 is 0 Å². The van der Waals surface area contributed by atoms with Crippen LogP contribution in [0.25, 0.3) is 0 Å². The van der Waals surface area contributed by atoms with Gasteiger partial charge in [0.2, 0.25) is 0 Å². The Labute approximate surface area is 106 Å². The quantitative estimate of drug-likeness (QED) is 0.674. The molecule has 0 aliphatic rings. The summed E-state index contributed by atoms with van der Waals surface area (Å²) in [6.45, 7) is 2.90. The summed E-state index contributed by atoms with van der Waals surface area (Å²) in [5.74, 6) is 0. The SMILES string of the molecule is CC(CNC(=O)NCCO)Sc1ccccc1. The first-order chi connectivity index (χ1) is 8.22. The second-order valence-corrected chi connectivity index (χ2v) is 5.11. The minimum absolute atomic E-state index is 0.0399. The summed E-state index contributed by atoms with van der Waals surface area (Å²) in [5.41, 5.74) is 0. The summed E-state index contributed by atoms with van der Waals surface area (Å²) in [5, 5.41) is 14.1. The summed E-state index contributed by atoms with van der Waals surface area (Å²) >= 11 is 1.72. The highest BCUT2D eigenvalue weighted by molar-refractivity contribution is 8.00. The number of aliphatic hydroxyl groups excluding tert-OH is 1. The lowest BCUT2D eigenvalue weighted by Crippen LogP contribution is -2.39. The van der Waals surface area contributed by atoms with E-state index >= 15 is 0 Å². The van der Waals surface area contributed by atoms with Crippen LogP contribution in [0.1, 0.15) is 6.92 Å². The van der Waals surface area contributed by atoms with Crippen LogP contribution in [0.3, 0.4) is 0 Å². The van der Waals surface area contributed by atoms with Gasteiger partial charge in [-0.2, -0.15) is 0 Å². The van der Waals surface area contributed by atoms with Gasteiger partial charge < -0.3 is 15.7 Å². The van der Waals surface area contributed by atoms with Gasteiger partial charge in [-0.05, 0) is 12.1 Å². The molecule has 2 amide bonds. The fourth-order valence-electron chi connectivity index (χ4n) is 1.24. The van der Waals surface area contributed by atoms with E-state index in [0.29, 0.717) is 11.8 Å². The van der Waals surface area contributed by atoms with Crippen molar-refractivity contribution in [1.29, 1.82) is 0 Å². The van der Waals surface area contributed by atoms with Gasteiger partial charge >= 0.3 is 6.03 Å². The molecule has 0 aromatic heterocycles. The molecule has 1 rings (SSSR count). The highest BCUT2D eigenvalue weighted by Crippen LogP contribution is 2.21. The van der Waals surface area contributed by atoms with Gasteiger partial charge in [0.1, 0.15) is 0 Å². The molecule has 4 nitrogen and oxygen atoms in total. The van der Waals surface area contributed by atoms with Gasteiger partial charge in [-0.3, -0.25) is 0 Å². The lowest BCUT2D eigenvalue weighted by molar-refractivity contribution is 0.234. The maximum Gasteiger partial charge on any atom is 0.314 e. The van der Waals surface area contributed by atoms with Crippen molar-refractivity contribution in [2.75, 3.05) is 19.7 Å². The highest BCUT2D eigenvalue weighted by atomic mass is 32.2. The summed E-state index contributed by atoms with van der Waals surface area (Å²) in [4.78, 5) is 12.4. The largest absolute Gasteiger partial charge is 0.395 e. The van der Waals surface area contributed by atoms with E-state index in [1.165, 1.54) is 4.90 Å². The Balaban J connectivity index is 2.21. The van der Waals surface area contributed by atoms with Gasteiger partial charge in [0.05, 0.1) is 6.61 Å². The predicted octanol–water partition coefficient (Wildman–Crippen LogP) is 1.46. The summed E-state index contributed by atoms with van der Waals surface area (Å²) in [6.07, 6.45) is 0. The third-order valence-corrected chi connectivity index (χ3v) is 3.14. The van der Waals surface area contributed by atoms with Gasteiger partial charge in [-0.1, -0.05) is 25.1 Å². The standard InChI is InChI=1S/C12H18N2O2S/c1-10(9-14-12(16)13-7-8-15)17-11-5-3-2-4-6-11/h2-6,10,15H,7-9H2,1H3,(H2,13,14,16). The molecular formula is C12H18N2O2S. The maximum atomic E-state index is 11.2. The first-order valence-corrected chi connectivity index (χ1v) is 6.44. The van der Waals surface area contributed by atoms with Crippen LogP contribution in [0.15, 0.2) is 35.2 Å². The zero-order chi connectivity index (χ0) is 12.5. The number of benzene rings is 1. The Morgan fingerprint density at radius 2 is 2.06 bits per heavy atom. The number of amides is 2. The molecule has 5 heteroatoms. The number of hydrogen-bond acceptors (Lipinski definition) is 3. The Bertz CT molecular complexity index is 333. The van der Waals surface area contributed by atoms with Crippen LogP contribution in [0.5, 0.6) is 0 Å². The predicted molar refractivity (Wildman–Crippen MR) is 70.2 cm³/mol. The van der Waals surface area contributed by atoms with Crippen LogP contribution in [-0.4, -0.2) is 36.1 Å². The molecule has 1 aromatic rings. The van der Waals surface area contributed by atoms with Crippen LogP contribution in [-0.2, 0) is 0 Å². The number of thioether (sulfide) groups is 1. The van der Waals surface area contributed by atoms with Crippen LogP contribution in [0.2, 0.25) is 0 Å². The zero-order valence-corrected chi connectivity index (χ0v) is 10.7. The van der Waals surface area contributed by atoms with Crippen molar-refractivity contribution in [2.45, 2.75) is 17.1 Å². The number of aliphatic hydroxyl groups is 1. The fourth-order valence-corrected chi connectivity index (χ4v) is 2.19. The normalized spacial score (nSPS) is 11.9. The minimum atomic E-state index is -0.237. The van der Waals surface area contributed by atoms with Gasteiger partial charge in [0, 0.05) is 23.2 Å². The molecule has 0 aliphatic heterocycles. The monoisotopic (exact) mass is 254 g/mol. The average Bonchev–Trinajstić information content (AvgIpc) is 2.35. The average molecular weight is 254 g/mol. The first kappa shape index (κ1) is 13.9. The Kier molecular flexibility index (Phi) is 6.50. The van der Waals surface area contributed by atoms with Crippen molar-refractivity contribution >= 4 is 17.8 Å². The summed E-state index contributed by atoms with van der Waals surface area (Å²) < 4.78 is 0. The van der Waals surface area contributed by atoms with E-state index in [-0.39, 0.29) is 19.2 Å². The molecule has 1 atom stereocenters. The van der Waals surface area contributed by atoms with Crippen molar-refractivity contribution in [3.05, 3.63) is 30.3 Å². The highest BCUT2D eigenvalue weighted by Gasteiger charge is 2.06. The molecule has 0 aliphatic carbocycles. The summed E-state index contributed by atoms with van der Waals surface area (Å²) in [7, 11) is 0. The van der Waals surface area contributed by atoms with E-state index in [2.05, 4.69) is 17.6 Å². The number of rotatable bonds is 6. The minimum Gasteiger partial charge on any atom is -0.395 e. The van der Waals surface area contributed by atoms with Crippen LogP contribution in [0.4, 0.5) is 4.79 Å². The molecular weight excluding hydrogens is 236 g/mol. The third-order valence-electron chi connectivity index (χ3n) is 2.03. The van der Waals surface area contributed by atoms with E-state index in [9.17, 15) is 4.79 Å². The van der Waals surface area contributed by atoms with E-state index in [4.69, 9.17) is 5.11 Å². The zero-order valence-electron chi connectivity index (χ0n) is 9.85. The second kappa shape index (κ2) is 7.97. The number of carbonyl (C=O) groups excluding carboxylic acids is 1. The van der Waals surface area contributed by atoms with Gasteiger partial charge in [0.15, 0.2) is 0 Å². The topological polar surface area (TPSA) is 61.4 Å². The third kappa shape index (κ3) is 6.19. The van der Waals surface area contributed by atoms with Crippen molar-refractivity contribution in [3.63, 3.8) is 0 Å². The van der Waals surface area contributed by atoms with E-state index in [0.717, 1.165) is 0 Å². The Morgan fingerprint density at radius 1 is 1.35 bits per heavy atom. The smallest absolute Gasteiger partial charge is 0.314 e. The lowest BCUT2D eigenvalue weighted by Gasteiger charge is -2.12. The molecule has 3 N–H and O–H groups in total. The molecule has 0 heterocycles. The van der Waals surface area contributed by atoms with E-state index in [1.54, 1.807) is 11.8 Å². The molecule has 1 aromatic carbocycles. The van der Waals surface area contributed by atoms with Crippen molar-refractivity contribution in [2.24, 2.45) is 0 Å². The molecule has 17 heavy (non-hydrogen) atoms. The van der Waals surface area contributed by atoms with Crippen LogP contribution < -0.4 is 10.6 Å². The van der Waals surface area contributed by atoms with Gasteiger partial charge in [-0.15, -0.1) is 11.8 Å². The maximum absolute atomic E-state index is 11.2. The number of nitrogens with one attached hydrogen (secondary N) is 2. The molecule has 1 unspecified atom stereocenters. The second-order valence-electron chi connectivity index (χ2n) is 3.60. The van der Waals surface area contributed by atoms with Crippen LogP contribution in [0, 0.1) is 0 Å². The first-order valence-electron chi connectivity index (χ1n) is 5.56. The number of hydrogen-bond donors (Lipinski definition) is 3. The molecule has 0 saturated heterocycles. The van der Waals surface area contributed by atoms with Gasteiger partial charge in [0.25, 0.3) is 0 Å². The van der Waals surface area contributed by atoms with Gasteiger partial charge in [-0.25, -0.2) is 4.79 Å². The summed E-state index contributed by atoms with van der Waals surface area (Å²) in [6, 6.07) is 9.84. The van der Waals surface area contributed by atoms with Crippen molar-refractivity contribution in [3.8, 4) is 0 Å². The van der Waals surface area contributed by atoms with Crippen molar-refractivity contribution in [1.82, 2.24) is 10.6 Å².